The van der Waals surface area contributed by atoms with Crippen LogP contribution in [0.5, 0.6) is 0 Å². The van der Waals surface area contributed by atoms with Crippen molar-refractivity contribution in [3.05, 3.63) is 30.1 Å². The molecule has 0 saturated heterocycles. The van der Waals surface area contributed by atoms with Gasteiger partial charge in [0.1, 0.15) is 5.82 Å². The smallest absolute Gasteiger partial charge is 0.250 e. The molecule has 0 atom stereocenters. The standard InChI is InChI=1S/C12H12N4O/c13-12(17)8-3-7-5-15-11(16-9-1-2-9)4-10(7)14-6-8/h3-6,9H,1-2H2,(H2,13,17)(H,15,16). The molecule has 2 aromatic rings. The van der Waals surface area contributed by atoms with Gasteiger partial charge in [-0.1, -0.05) is 0 Å². The van der Waals surface area contributed by atoms with Crippen LogP contribution < -0.4 is 11.1 Å². The molecule has 0 aromatic carbocycles. The van der Waals surface area contributed by atoms with Crippen LogP contribution in [0, 0.1) is 0 Å². The molecule has 1 amide bonds. The second kappa shape index (κ2) is 3.69. The molecule has 2 aromatic heterocycles. The molecular weight excluding hydrogens is 216 g/mol. The maximum Gasteiger partial charge on any atom is 0.250 e. The summed E-state index contributed by atoms with van der Waals surface area (Å²) < 4.78 is 0. The first-order chi connectivity index (χ1) is 8.22. The lowest BCUT2D eigenvalue weighted by Crippen LogP contribution is -2.11. The van der Waals surface area contributed by atoms with Crippen LogP contribution in [-0.2, 0) is 0 Å². The normalized spacial score (nSPS) is 14.8. The van der Waals surface area contributed by atoms with E-state index in [2.05, 4.69) is 15.3 Å². The van der Waals surface area contributed by atoms with E-state index >= 15 is 0 Å². The average Bonchev–Trinajstić information content (AvgIpc) is 3.12. The first kappa shape index (κ1) is 10.0. The number of nitrogens with two attached hydrogens (primary N) is 1. The topological polar surface area (TPSA) is 80.9 Å². The van der Waals surface area contributed by atoms with E-state index < -0.39 is 5.91 Å². The Balaban J connectivity index is 1.99. The number of anilines is 1. The largest absolute Gasteiger partial charge is 0.367 e. The molecule has 0 bridgehead atoms. The van der Waals surface area contributed by atoms with Crippen LogP contribution in [0.25, 0.3) is 10.9 Å². The van der Waals surface area contributed by atoms with Gasteiger partial charge in [-0.2, -0.15) is 0 Å². The van der Waals surface area contributed by atoms with Crippen LogP contribution in [0.15, 0.2) is 24.5 Å². The lowest BCUT2D eigenvalue weighted by atomic mass is 10.2. The highest BCUT2D eigenvalue weighted by Crippen LogP contribution is 2.24. The number of fused-ring (bicyclic) bond motifs is 1. The molecule has 0 aliphatic heterocycles. The van der Waals surface area contributed by atoms with Gasteiger partial charge < -0.3 is 11.1 Å². The first-order valence-corrected chi connectivity index (χ1v) is 5.54. The van der Waals surface area contributed by atoms with Gasteiger partial charge in [0, 0.05) is 29.9 Å². The van der Waals surface area contributed by atoms with Crippen LogP contribution >= 0.6 is 0 Å². The van der Waals surface area contributed by atoms with Crippen molar-refractivity contribution in [3.8, 4) is 0 Å². The highest BCUT2D eigenvalue weighted by atomic mass is 16.1. The molecule has 0 radical (unpaired) electrons. The summed E-state index contributed by atoms with van der Waals surface area (Å²) >= 11 is 0. The van der Waals surface area contributed by atoms with E-state index in [1.165, 1.54) is 19.0 Å². The number of aromatic nitrogens is 2. The average molecular weight is 228 g/mol. The van der Waals surface area contributed by atoms with E-state index in [0.29, 0.717) is 11.6 Å². The number of hydrogen-bond donors (Lipinski definition) is 2. The minimum atomic E-state index is -0.473. The predicted molar refractivity (Wildman–Crippen MR) is 64.7 cm³/mol. The van der Waals surface area contributed by atoms with Gasteiger partial charge in [0.2, 0.25) is 5.91 Å². The maximum absolute atomic E-state index is 11.0. The summed E-state index contributed by atoms with van der Waals surface area (Å²) in [6, 6.07) is 4.15. The molecule has 1 aliphatic carbocycles. The van der Waals surface area contributed by atoms with Crippen LogP contribution in [0.2, 0.25) is 0 Å². The molecule has 86 valence electrons. The van der Waals surface area contributed by atoms with E-state index in [-0.39, 0.29) is 0 Å². The number of carbonyl (C=O) groups excluding carboxylic acids is 1. The van der Waals surface area contributed by atoms with Gasteiger partial charge in [0.25, 0.3) is 0 Å². The lowest BCUT2D eigenvalue weighted by Gasteiger charge is -2.05. The molecule has 5 nitrogen and oxygen atoms in total. The van der Waals surface area contributed by atoms with E-state index in [1.54, 1.807) is 12.3 Å². The molecular formula is C12H12N4O. The Morgan fingerprint density at radius 3 is 2.82 bits per heavy atom. The number of rotatable bonds is 3. The van der Waals surface area contributed by atoms with Gasteiger partial charge in [-0.05, 0) is 18.9 Å². The number of nitrogens with one attached hydrogen (secondary N) is 1. The number of hydrogen-bond acceptors (Lipinski definition) is 4. The van der Waals surface area contributed by atoms with Crippen molar-refractivity contribution in [2.24, 2.45) is 5.73 Å². The molecule has 5 heteroatoms. The second-order valence-corrected chi connectivity index (χ2v) is 4.27. The summed E-state index contributed by atoms with van der Waals surface area (Å²) in [5.41, 5.74) is 6.42. The Bertz CT molecular complexity index is 592. The van der Waals surface area contributed by atoms with Crippen molar-refractivity contribution in [3.63, 3.8) is 0 Å². The monoisotopic (exact) mass is 228 g/mol. The zero-order chi connectivity index (χ0) is 11.8. The highest BCUT2D eigenvalue weighted by Gasteiger charge is 2.21. The van der Waals surface area contributed by atoms with Crippen LogP contribution in [0.3, 0.4) is 0 Å². The molecule has 1 saturated carbocycles. The summed E-state index contributed by atoms with van der Waals surface area (Å²) in [5, 5.41) is 4.12. The number of amides is 1. The quantitative estimate of drug-likeness (QED) is 0.829. The minimum absolute atomic E-state index is 0.405. The zero-order valence-electron chi connectivity index (χ0n) is 9.18. The molecule has 3 N–H and O–H groups in total. The fourth-order valence-electron chi connectivity index (χ4n) is 1.67. The van der Waals surface area contributed by atoms with Gasteiger partial charge in [0.05, 0.1) is 11.1 Å². The van der Waals surface area contributed by atoms with Crippen molar-refractivity contribution in [2.75, 3.05) is 5.32 Å². The number of carbonyl (C=O) groups is 1. The zero-order valence-corrected chi connectivity index (χ0v) is 9.18. The van der Waals surface area contributed by atoms with Gasteiger partial charge in [-0.3, -0.25) is 9.78 Å². The van der Waals surface area contributed by atoms with Crippen LogP contribution in [0.4, 0.5) is 5.82 Å². The summed E-state index contributed by atoms with van der Waals surface area (Å²) in [6.45, 7) is 0. The Morgan fingerprint density at radius 2 is 2.12 bits per heavy atom. The fraction of sp³-hybridized carbons (Fsp3) is 0.250. The summed E-state index contributed by atoms with van der Waals surface area (Å²) in [6.07, 6.45) is 5.60. The van der Waals surface area contributed by atoms with Crippen molar-refractivity contribution < 1.29 is 4.79 Å². The Hall–Kier alpha value is -2.17. The van der Waals surface area contributed by atoms with Crippen molar-refractivity contribution in [1.29, 1.82) is 0 Å². The van der Waals surface area contributed by atoms with E-state index in [9.17, 15) is 4.79 Å². The molecule has 3 rings (SSSR count). The summed E-state index contributed by atoms with van der Waals surface area (Å²) in [5.74, 6) is 0.360. The Labute approximate surface area is 98.1 Å². The van der Waals surface area contributed by atoms with Gasteiger partial charge in [-0.25, -0.2) is 4.98 Å². The third-order valence-corrected chi connectivity index (χ3v) is 2.78. The van der Waals surface area contributed by atoms with Crippen molar-refractivity contribution in [1.82, 2.24) is 9.97 Å². The molecule has 1 fully saturated rings. The third kappa shape index (κ3) is 2.04. The molecule has 17 heavy (non-hydrogen) atoms. The molecule has 1 aliphatic rings. The van der Waals surface area contributed by atoms with Gasteiger partial charge >= 0.3 is 0 Å². The lowest BCUT2D eigenvalue weighted by molar-refractivity contribution is 0.1000. The summed E-state index contributed by atoms with van der Waals surface area (Å²) in [7, 11) is 0. The maximum atomic E-state index is 11.0. The van der Waals surface area contributed by atoms with Crippen LogP contribution in [-0.4, -0.2) is 21.9 Å². The van der Waals surface area contributed by atoms with E-state index in [4.69, 9.17) is 5.73 Å². The summed E-state index contributed by atoms with van der Waals surface area (Å²) in [4.78, 5) is 19.5. The first-order valence-electron chi connectivity index (χ1n) is 5.54. The second-order valence-electron chi connectivity index (χ2n) is 4.27. The van der Waals surface area contributed by atoms with Gasteiger partial charge in [0.15, 0.2) is 0 Å². The van der Waals surface area contributed by atoms with E-state index in [0.717, 1.165) is 16.7 Å². The van der Waals surface area contributed by atoms with Crippen molar-refractivity contribution >= 4 is 22.6 Å². The predicted octanol–water partition coefficient (Wildman–Crippen LogP) is 1.30. The Kier molecular flexibility index (Phi) is 2.18. The minimum Gasteiger partial charge on any atom is -0.367 e. The third-order valence-electron chi connectivity index (χ3n) is 2.78. The van der Waals surface area contributed by atoms with Gasteiger partial charge in [-0.15, -0.1) is 0 Å². The molecule has 2 heterocycles. The number of primary amides is 1. The van der Waals surface area contributed by atoms with Crippen LogP contribution in [0.1, 0.15) is 23.2 Å². The highest BCUT2D eigenvalue weighted by molar-refractivity contribution is 5.96. The fourth-order valence-corrected chi connectivity index (χ4v) is 1.67. The number of nitrogens with zero attached hydrogens (tertiary/aromatic N) is 2. The molecule has 0 spiro atoms. The molecule has 0 unspecified atom stereocenters. The number of pyridine rings is 2. The Morgan fingerprint density at radius 1 is 1.29 bits per heavy atom. The van der Waals surface area contributed by atoms with E-state index in [1.807, 2.05) is 6.07 Å². The van der Waals surface area contributed by atoms with Crippen molar-refractivity contribution in [2.45, 2.75) is 18.9 Å². The SMILES string of the molecule is NC(=O)c1cnc2cc(NC3CC3)ncc2c1.